The van der Waals surface area contributed by atoms with E-state index in [1.165, 1.54) is 12.1 Å². The molecule has 2 aromatic rings. The first-order valence-corrected chi connectivity index (χ1v) is 6.54. The summed E-state index contributed by atoms with van der Waals surface area (Å²) in [6.07, 6.45) is 0. The van der Waals surface area contributed by atoms with Gasteiger partial charge in [0.25, 0.3) is 0 Å². The van der Waals surface area contributed by atoms with E-state index in [9.17, 15) is 4.39 Å². The molecule has 110 valence electrons. The molecule has 2 N–H and O–H groups in total. The minimum atomic E-state index is -1.49. The van der Waals surface area contributed by atoms with E-state index in [2.05, 4.69) is 0 Å². The molecular formula is C15H16BFO4. The van der Waals surface area contributed by atoms with Crippen LogP contribution in [-0.4, -0.2) is 30.4 Å². The molecule has 0 aliphatic carbocycles. The van der Waals surface area contributed by atoms with Crippen molar-refractivity contribution in [2.24, 2.45) is 0 Å². The van der Waals surface area contributed by atoms with Crippen molar-refractivity contribution in [2.45, 2.75) is 6.92 Å². The van der Waals surface area contributed by atoms with Gasteiger partial charge in [0, 0.05) is 6.07 Å². The van der Waals surface area contributed by atoms with Crippen molar-refractivity contribution in [3.05, 3.63) is 53.8 Å². The molecule has 0 radical (unpaired) electrons. The Kier molecular flexibility index (Phi) is 5.19. The fourth-order valence-corrected chi connectivity index (χ4v) is 1.78. The van der Waals surface area contributed by atoms with Crippen LogP contribution in [0, 0.1) is 12.7 Å². The predicted molar refractivity (Wildman–Crippen MR) is 78.4 cm³/mol. The molecule has 0 saturated carbocycles. The highest BCUT2D eigenvalue weighted by Gasteiger charge is 2.09. The van der Waals surface area contributed by atoms with Gasteiger partial charge in [-0.2, -0.15) is 0 Å². The molecule has 0 spiro atoms. The van der Waals surface area contributed by atoms with E-state index in [4.69, 9.17) is 19.5 Å². The van der Waals surface area contributed by atoms with Crippen LogP contribution in [0.15, 0.2) is 42.5 Å². The van der Waals surface area contributed by atoms with E-state index >= 15 is 0 Å². The largest absolute Gasteiger partial charge is 0.490 e. The summed E-state index contributed by atoms with van der Waals surface area (Å²) in [4.78, 5) is 0. The van der Waals surface area contributed by atoms with Crippen LogP contribution in [-0.2, 0) is 0 Å². The van der Waals surface area contributed by atoms with Crippen LogP contribution in [0.4, 0.5) is 4.39 Å². The van der Waals surface area contributed by atoms with Gasteiger partial charge in [0.05, 0.1) is 0 Å². The Hall–Kier alpha value is -2.05. The average Bonchev–Trinajstić information content (AvgIpc) is 2.47. The molecule has 0 aromatic heterocycles. The number of benzene rings is 2. The fraction of sp³-hybridized carbons (Fsp3) is 0.200. The minimum Gasteiger partial charge on any atom is -0.490 e. The van der Waals surface area contributed by atoms with Crippen LogP contribution >= 0.6 is 0 Å². The topological polar surface area (TPSA) is 58.9 Å². The zero-order valence-corrected chi connectivity index (χ0v) is 11.6. The van der Waals surface area contributed by atoms with Gasteiger partial charge >= 0.3 is 7.12 Å². The molecular weight excluding hydrogens is 274 g/mol. The predicted octanol–water partition coefficient (Wildman–Crippen LogP) is 1.27. The summed E-state index contributed by atoms with van der Waals surface area (Å²) in [6.45, 7) is 2.43. The molecule has 0 amide bonds. The second kappa shape index (κ2) is 7.10. The number of hydrogen-bond acceptors (Lipinski definition) is 4. The maximum atomic E-state index is 13.1. The van der Waals surface area contributed by atoms with Crippen LogP contribution in [0.2, 0.25) is 0 Å². The summed E-state index contributed by atoms with van der Waals surface area (Å²) in [5.74, 6) is 0.756. The normalized spacial score (nSPS) is 10.3. The van der Waals surface area contributed by atoms with Crippen molar-refractivity contribution in [3.8, 4) is 11.5 Å². The Balaban J connectivity index is 1.80. The van der Waals surface area contributed by atoms with Gasteiger partial charge in [-0.1, -0.05) is 18.2 Å². The van der Waals surface area contributed by atoms with Crippen molar-refractivity contribution in [3.63, 3.8) is 0 Å². The minimum absolute atomic E-state index is 0.286. The van der Waals surface area contributed by atoms with Gasteiger partial charge in [-0.3, -0.25) is 0 Å². The van der Waals surface area contributed by atoms with Crippen LogP contribution < -0.4 is 14.9 Å². The molecule has 21 heavy (non-hydrogen) atoms. The first-order valence-electron chi connectivity index (χ1n) is 6.54. The smallest absolute Gasteiger partial charge is 0.488 e. The van der Waals surface area contributed by atoms with Gasteiger partial charge in [-0.25, -0.2) is 4.39 Å². The number of rotatable bonds is 6. The van der Waals surface area contributed by atoms with Gasteiger partial charge in [0.2, 0.25) is 0 Å². The Morgan fingerprint density at radius 3 is 2.33 bits per heavy atom. The number of hydrogen-bond donors (Lipinski definition) is 2. The summed E-state index contributed by atoms with van der Waals surface area (Å²) in [6, 6.07) is 10.8. The Morgan fingerprint density at radius 1 is 1.00 bits per heavy atom. The lowest BCUT2D eigenvalue weighted by atomic mass is 9.80. The van der Waals surface area contributed by atoms with E-state index in [1.54, 1.807) is 30.3 Å². The fourth-order valence-electron chi connectivity index (χ4n) is 1.78. The molecule has 2 rings (SSSR count). The maximum absolute atomic E-state index is 13.1. The van der Waals surface area contributed by atoms with Crippen molar-refractivity contribution in [2.75, 3.05) is 13.2 Å². The SMILES string of the molecule is Cc1ccc(F)cc1OCCOc1ccc(B(O)O)cc1. The molecule has 0 unspecified atom stereocenters. The molecule has 2 aromatic carbocycles. The summed E-state index contributed by atoms with van der Waals surface area (Å²) in [7, 11) is -1.49. The molecule has 0 fully saturated rings. The standard InChI is InChI=1S/C15H16BFO4/c1-11-2-5-13(17)10-15(11)21-9-8-20-14-6-3-12(4-7-14)16(18)19/h2-7,10,18-19H,8-9H2,1H3. The first kappa shape index (κ1) is 15.3. The number of halogens is 1. The summed E-state index contributed by atoms with van der Waals surface area (Å²) in [5.41, 5.74) is 1.26. The molecule has 0 saturated heterocycles. The molecule has 4 nitrogen and oxygen atoms in total. The average molecular weight is 290 g/mol. The monoisotopic (exact) mass is 290 g/mol. The molecule has 6 heteroatoms. The van der Waals surface area contributed by atoms with Crippen molar-refractivity contribution < 1.29 is 23.9 Å². The van der Waals surface area contributed by atoms with Crippen molar-refractivity contribution >= 4 is 12.6 Å². The molecule has 0 aliphatic heterocycles. The molecule has 0 aliphatic rings. The second-order valence-electron chi connectivity index (χ2n) is 4.55. The van der Waals surface area contributed by atoms with E-state index < -0.39 is 7.12 Å². The second-order valence-corrected chi connectivity index (χ2v) is 4.55. The molecule has 0 atom stereocenters. The molecule has 0 heterocycles. The highest BCUT2D eigenvalue weighted by atomic mass is 19.1. The van der Waals surface area contributed by atoms with Gasteiger partial charge < -0.3 is 19.5 Å². The molecule has 0 bridgehead atoms. The van der Waals surface area contributed by atoms with Crippen molar-refractivity contribution in [1.82, 2.24) is 0 Å². The van der Waals surface area contributed by atoms with Gasteiger partial charge in [-0.15, -0.1) is 0 Å². The third-order valence-electron chi connectivity index (χ3n) is 2.94. The number of ether oxygens (including phenoxy) is 2. The van der Waals surface area contributed by atoms with Gasteiger partial charge in [-0.05, 0) is 36.1 Å². The van der Waals surface area contributed by atoms with E-state index in [1.807, 2.05) is 6.92 Å². The number of aryl methyl sites for hydroxylation is 1. The Bertz CT molecular complexity index is 587. The van der Waals surface area contributed by atoms with Crippen LogP contribution in [0.5, 0.6) is 11.5 Å². The third kappa shape index (κ3) is 4.48. The van der Waals surface area contributed by atoms with Crippen molar-refractivity contribution in [1.29, 1.82) is 0 Å². The van der Waals surface area contributed by atoms with Crippen LogP contribution in [0.1, 0.15) is 5.56 Å². The quantitative estimate of drug-likeness (QED) is 0.621. The summed E-state index contributed by atoms with van der Waals surface area (Å²) < 4.78 is 24.0. The lowest BCUT2D eigenvalue weighted by Crippen LogP contribution is -2.29. The van der Waals surface area contributed by atoms with E-state index in [0.717, 1.165) is 5.56 Å². The zero-order valence-electron chi connectivity index (χ0n) is 11.6. The maximum Gasteiger partial charge on any atom is 0.488 e. The van der Waals surface area contributed by atoms with E-state index in [-0.39, 0.29) is 12.4 Å². The highest BCUT2D eigenvalue weighted by molar-refractivity contribution is 6.58. The summed E-state index contributed by atoms with van der Waals surface area (Å²) >= 11 is 0. The van der Waals surface area contributed by atoms with Gasteiger partial charge in [0.1, 0.15) is 30.5 Å². The highest BCUT2D eigenvalue weighted by Crippen LogP contribution is 2.18. The van der Waals surface area contributed by atoms with Crippen LogP contribution in [0.3, 0.4) is 0 Å². The Labute approximate surface area is 122 Å². The first-order chi connectivity index (χ1) is 10.1. The van der Waals surface area contributed by atoms with E-state index in [0.29, 0.717) is 23.6 Å². The van der Waals surface area contributed by atoms with Crippen LogP contribution in [0.25, 0.3) is 0 Å². The zero-order chi connectivity index (χ0) is 15.2. The Morgan fingerprint density at radius 2 is 1.67 bits per heavy atom. The lowest BCUT2D eigenvalue weighted by Gasteiger charge is -2.10. The van der Waals surface area contributed by atoms with Gasteiger partial charge in [0.15, 0.2) is 0 Å². The summed E-state index contributed by atoms with van der Waals surface area (Å²) in [5, 5.41) is 17.9. The third-order valence-corrected chi connectivity index (χ3v) is 2.94. The lowest BCUT2D eigenvalue weighted by molar-refractivity contribution is 0.216.